The minimum atomic E-state index is 0. The summed E-state index contributed by atoms with van der Waals surface area (Å²) in [6, 6.07) is 9.62. The van der Waals surface area contributed by atoms with Crippen molar-refractivity contribution in [1.82, 2.24) is 0 Å². The van der Waals surface area contributed by atoms with E-state index in [0.717, 1.165) is 4.90 Å². The molecule has 0 aromatic heterocycles. The topological polar surface area (TPSA) is 0 Å². The molecule has 13 heavy (non-hydrogen) atoms. The minimum Gasteiger partial charge on any atom is -0.780 e. The van der Waals surface area contributed by atoms with E-state index in [9.17, 15) is 0 Å². The molecule has 0 aliphatic carbocycles. The summed E-state index contributed by atoms with van der Waals surface area (Å²) < 4.78 is 0. The fourth-order valence-corrected chi connectivity index (χ4v) is 0.578. The van der Waals surface area contributed by atoms with Crippen LogP contribution in [0.25, 0.3) is 0 Å². The van der Waals surface area contributed by atoms with E-state index in [1.807, 2.05) is 30.3 Å². The van der Waals surface area contributed by atoms with Crippen LogP contribution in [0, 0.1) is 5.92 Å². The third-order valence-corrected chi connectivity index (χ3v) is 1.02. The van der Waals surface area contributed by atoms with Gasteiger partial charge in [-0.1, -0.05) is 30.3 Å². The van der Waals surface area contributed by atoms with Gasteiger partial charge in [0.15, 0.2) is 0 Å². The van der Waals surface area contributed by atoms with Gasteiger partial charge in [-0.15, -0.1) is 0 Å². The predicted molar refractivity (Wildman–Crippen MR) is 58.1 cm³/mol. The summed E-state index contributed by atoms with van der Waals surface area (Å²) in [6.07, 6.45) is 0. The van der Waals surface area contributed by atoms with Crippen LogP contribution in [0.2, 0.25) is 0 Å². The third-order valence-electron chi connectivity index (χ3n) is 0.743. The van der Waals surface area contributed by atoms with E-state index < -0.39 is 0 Å². The van der Waals surface area contributed by atoms with Crippen LogP contribution in [0.1, 0.15) is 20.8 Å². The van der Waals surface area contributed by atoms with Gasteiger partial charge in [0, 0.05) is 18.9 Å². The van der Waals surface area contributed by atoms with Crippen LogP contribution >= 0.6 is 0 Å². The summed E-state index contributed by atoms with van der Waals surface area (Å²) in [7, 11) is 0. The zero-order chi connectivity index (χ0) is 8.69. The normalized spacial score (nSPS) is 7.38. The molecule has 0 unspecified atom stereocenters. The SMILES string of the molecule is C[C-](C)C.[Cu+2].[Li].[S-]c1ccccc1. The van der Waals surface area contributed by atoms with Crippen molar-refractivity contribution in [1.29, 1.82) is 0 Å². The predicted octanol–water partition coefficient (Wildman–Crippen LogP) is 2.83. The fraction of sp³-hybridized carbons (Fsp3) is 0.300. The van der Waals surface area contributed by atoms with E-state index in [2.05, 4.69) is 20.8 Å². The second-order valence-electron chi connectivity index (χ2n) is 2.81. The smallest absolute Gasteiger partial charge is 0.780 e. The molecule has 1 aromatic rings. The molecule has 0 nitrogen and oxygen atoms in total. The van der Waals surface area contributed by atoms with Gasteiger partial charge in [-0.3, -0.25) is 0 Å². The summed E-state index contributed by atoms with van der Waals surface area (Å²) in [5, 5.41) is 0. The molecule has 1 aromatic carbocycles. The Hall–Kier alpha value is 0.557. The molecule has 0 spiro atoms. The number of benzene rings is 1. The molecule has 0 heterocycles. The maximum absolute atomic E-state index is 4.81. The zero-order valence-corrected chi connectivity index (χ0v) is 10.4. The van der Waals surface area contributed by atoms with E-state index in [-0.39, 0.29) is 35.9 Å². The van der Waals surface area contributed by atoms with E-state index >= 15 is 0 Å². The van der Waals surface area contributed by atoms with Gasteiger partial charge in [0.25, 0.3) is 0 Å². The molecule has 0 saturated heterocycles. The molecule has 0 saturated carbocycles. The Morgan fingerprint density at radius 2 is 1.31 bits per heavy atom. The maximum Gasteiger partial charge on any atom is 2.00 e. The maximum atomic E-state index is 4.81. The molecule has 0 atom stereocenters. The molecule has 0 aliphatic rings. The summed E-state index contributed by atoms with van der Waals surface area (Å²) >= 11 is 4.81. The van der Waals surface area contributed by atoms with Crippen LogP contribution in [0.15, 0.2) is 35.2 Å². The average molecular weight is 237 g/mol. The Morgan fingerprint density at radius 3 is 1.46 bits per heavy atom. The van der Waals surface area contributed by atoms with Gasteiger partial charge < -0.3 is 18.5 Å². The van der Waals surface area contributed by atoms with Crippen molar-refractivity contribution in [3.8, 4) is 0 Å². The molecule has 2 radical (unpaired) electrons. The minimum absolute atomic E-state index is 0. The molecule has 0 aliphatic heterocycles. The van der Waals surface area contributed by atoms with Crippen LogP contribution < -0.4 is 0 Å². The van der Waals surface area contributed by atoms with Gasteiger partial charge >= 0.3 is 17.1 Å². The van der Waals surface area contributed by atoms with Gasteiger partial charge in [-0.25, -0.2) is 0 Å². The van der Waals surface area contributed by atoms with Crippen molar-refractivity contribution in [2.75, 3.05) is 0 Å². The number of hydrogen-bond acceptors (Lipinski definition) is 1. The number of hydrogen-bond donors (Lipinski definition) is 0. The van der Waals surface area contributed by atoms with Gasteiger partial charge in [0.2, 0.25) is 0 Å². The van der Waals surface area contributed by atoms with Gasteiger partial charge in [0.05, 0.1) is 0 Å². The first kappa shape index (κ1) is 19.2. The van der Waals surface area contributed by atoms with Crippen molar-refractivity contribution in [3.05, 3.63) is 36.2 Å². The molecular weight excluding hydrogens is 223 g/mol. The first-order chi connectivity index (χ1) is 5.13. The molecular formula is C10H14CuLiS. The third kappa shape index (κ3) is 19.1. The van der Waals surface area contributed by atoms with E-state index in [1.165, 1.54) is 5.92 Å². The largest absolute Gasteiger partial charge is 2.00 e. The summed E-state index contributed by atoms with van der Waals surface area (Å²) in [6.45, 7) is 6.25. The molecule has 0 N–H and O–H groups in total. The van der Waals surface area contributed by atoms with Crippen molar-refractivity contribution < 1.29 is 17.1 Å². The van der Waals surface area contributed by atoms with Crippen LogP contribution in [0.4, 0.5) is 0 Å². The summed E-state index contributed by atoms with van der Waals surface area (Å²) in [4.78, 5) is 0.905. The van der Waals surface area contributed by atoms with Crippen LogP contribution in [-0.2, 0) is 29.7 Å². The Labute approximate surface area is 110 Å². The molecule has 3 heteroatoms. The van der Waals surface area contributed by atoms with Crippen LogP contribution in [0.5, 0.6) is 0 Å². The average Bonchev–Trinajstić information content (AvgIpc) is 1.87. The second kappa shape index (κ2) is 12.6. The quantitative estimate of drug-likeness (QED) is 0.379. The Balaban J connectivity index is -0.000000150. The van der Waals surface area contributed by atoms with Gasteiger partial charge in [-0.2, -0.15) is 25.7 Å². The molecule has 0 bridgehead atoms. The monoisotopic (exact) mass is 236 g/mol. The standard InChI is InChI=1S/C6H6S.C4H9.Cu.Li/c7-6-4-2-1-3-5-6;1-4(2)3;;/h1-5,7H;1-3H3;;/q;-1;+2;/p-1. The first-order valence-electron chi connectivity index (χ1n) is 3.61. The van der Waals surface area contributed by atoms with Gasteiger partial charge in [-0.05, 0) is 0 Å². The second-order valence-corrected chi connectivity index (χ2v) is 3.28. The van der Waals surface area contributed by atoms with E-state index in [4.69, 9.17) is 12.6 Å². The first-order valence-corrected chi connectivity index (χ1v) is 4.02. The Bertz CT molecular complexity index is 175. The molecule has 1 rings (SSSR count). The van der Waals surface area contributed by atoms with Crippen LogP contribution in [0.3, 0.4) is 0 Å². The van der Waals surface area contributed by atoms with Crippen molar-refractivity contribution in [2.45, 2.75) is 25.7 Å². The van der Waals surface area contributed by atoms with E-state index in [0.29, 0.717) is 0 Å². The summed E-state index contributed by atoms with van der Waals surface area (Å²) in [5.41, 5.74) is 0. The summed E-state index contributed by atoms with van der Waals surface area (Å²) in [5.74, 6) is 1.42. The fourth-order valence-electron chi connectivity index (χ4n) is 0.420. The van der Waals surface area contributed by atoms with Gasteiger partial charge in [0.1, 0.15) is 0 Å². The van der Waals surface area contributed by atoms with Crippen molar-refractivity contribution in [2.24, 2.45) is 0 Å². The van der Waals surface area contributed by atoms with E-state index in [1.54, 1.807) is 0 Å². The molecule has 0 fully saturated rings. The Morgan fingerprint density at radius 1 is 1.00 bits per heavy atom. The molecule has 72 valence electrons. The molecule has 0 amide bonds. The van der Waals surface area contributed by atoms with Crippen molar-refractivity contribution >= 4 is 31.5 Å². The Kier molecular flexibility index (Phi) is 18.5. The zero-order valence-electron chi connectivity index (χ0n) is 8.60. The van der Waals surface area contributed by atoms with Crippen molar-refractivity contribution in [3.63, 3.8) is 0 Å². The number of rotatable bonds is 0. The van der Waals surface area contributed by atoms with Crippen LogP contribution in [-0.4, -0.2) is 18.9 Å².